The third-order valence-corrected chi connectivity index (χ3v) is 5.38. The molecule has 0 saturated heterocycles. The van der Waals surface area contributed by atoms with E-state index in [0.29, 0.717) is 33.3 Å². The molecule has 0 aliphatic heterocycles. The summed E-state index contributed by atoms with van der Waals surface area (Å²) in [6.45, 7) is 3.60. The molecule has 1 heterocycles. The first kappa shape index (κ1) is 21.1. The molecule has 0 aliphatic carbocycles. The molecule has 0 fully saturated rings. The number of carbonyl (C=O) groups excluding carboxylic acids is 1. The summed E-state index contributed by atoms with van der Waals surface area (Å²) < 4.78 is 13.5. The molecule has 0 spiro atoms. The molecule has 30 heavy (non-hydrogen) atoms. The number of aromatic nitrogens is 1. The van der Waals surface area contributed by atoms with Crippen molar-refractivity contribution in [3.63, 3.8) is 0 Å². The van der Waals surface area contributed by atoms with Crippen LogP contribution in [0.3, 0.4) is 0 Å². The SMILES string of the molecule is C#CCSc1nc(C)c(C(=O)Nc2ccccc2C)c(-c2ccc(F)cc2)c1C#N. The van der Waals surface area contributed by atoms with E-state index in [1.165, 1.54) is 23.9 Å². The van der Waals surface area contributed by atoms with E-state index in [0.717, 1.165) is 5.56 Å². The van der Waals surface area contributed by atoms with Gasteiger partial charge in [0.25, 0.3) is 5.91 Å². The monoisotopic (exact) mass is 415 g/mol. The average Bonchev–Trinajstić information content (AvgIpc) is 2.73. The lowest BCUT2D eigenvalue weighted by molar-refractivity contribution is 0.102. The lowest BCUT2D eigenvalue weighted by Gasteiger charge is -2.17. The van der Waals surface area contributed by atoms with Crippen LogP contribution in [0.25, 0.3) is 11.1 Å². The highest BCUT2D eigenvalue weighted by atomic mass is 32.2. The van der Waals surface area contributed by atoms with Gasteiger partial charge in [-0.1, -0.05) is 48.0 Å². The number of pyridine rings is 1. The van der Waals surface area contributed by atoms with Crippen LogP contribution in [0.4, 0.5) is 10.1 Å². The number of nitriles is 1. The zero-order valence-electron chi connectivity index (χ0n) is 16.5. The number of anilines is 1. The van der Waals surface area contributed by atoms with Crippen LogP contribution in [0.1, 0.15) is 27.2 Å². The van der Waals surface area contributed by atoms with E-state index in [1.54, 1.807) is 25.1 Å². The number of nitrogens with zero attached hydrogens (tertiary/aromatic N) is 2. The van der Waals surface area contributed by atoms with Crippen molar-refractivity contribution >= 4 is 23.4 Å². The molecule has 0 aliphatic rings. The van der Waals surface area contributed by atoms with E-state index in [4.69, 9.17) is 6.42 Å². The van der Waals surface area contributed by atoms with E-state index in [2.05, 4.69) is 22.3 Å². The molecule has 6 heteroatoms. The van der Waals surface area contributed by atoms with Gasteiger partial charge in [0.2, 0.25) is 0 Å². The number of aryl methyl sites for hydroxylation is 2. The molecule has 2 aromatic carbocycles. The Hall–Kier alpha value is -3.61. The fourth-order valence-electron chi connectivity index (χ4n) is 3.08. The molecule has 0 bridgehead atoms. The lowest BCUT2D eigenvalue weighted by atomic mass is 9.94. The van der Waals surface area contributed by atoms with Crippen molar-refractivity contribution in [2.75, 3.05) is 11.1 Å². The molecule has 0 saturated carbocycles. The molecule has 3 rings (SSSR count). The zero-order valence-corrected chi connectivity index (χ0v) is 17.3. The first-order valence-corrected chi connectivity index (χ1v) is 10.1. The quantitative estimate of drug-likeness (QED) is 0.450. The Morgan fingerprint density at radius 1 is 1.20 bits per heavy atom. The Morgan fingerprint density at radius 2 is 1.90 bits per heavy atom. The van der Waals surface area contributed by atoms with Gasteiger partial charge in [0.15, 0.2) is 0 Å². The summed E-state index contributed by atoms with van der Waals surface area (Å²) in [5.74, 6) is 2.05. The molecular weight excluding hydrogens is 397 g/mol. The highest BCUT2D eigenvalue weighted by molar-refractivity contribution is 7.99. The number of terminal acetylenes is 1. The summed E-state index contributed by atoms with van der Waals surface area (Å²) in [4.78, 5) is 17.7. The summed E-state index contributed by atoms with van der Waals surface area (Å²) in [6, 6.07) is 15.2. The Balaban J connectivity index is 2.22. The highest BCUT2D eigenvalue weighted by Gasteiger charge is 2.24. The number of benzene rings is 2. The number of nitrogens with one attached hydrogen (secondary N) is 1. The maximum Gasteiger partial charge on any atom is 0.258 e. The molecule has 4 nitrogen and oxygen atoms in total. The molecular formula is C24H18FN3OS. The highest BCUT2D eigenvalue weighted by Crippen LogP contribution is 2.35. The minimum absolute atomic E-state index is 0.238. The summed E-state index contributed by atoms with van der Waals surface area (Å²) in [7, 11) is 0. The minimum atomic E-state index is -0.407. The number of para-hydroxylation sites is 1. The van der Waals surface area contributed by atoms with Gasteiger partial charge in [0.1, 0.15) is 16.9 Å². The molecule has 1 aromatic heterocycles. The minimum Gasteiger partial charge on any atom is -0.322 e. The molecule has 3 aromatic rings. The summed E-state index contributed by atoms with van der Waals surface area (Å²) in [5, 5.41) is 13.2. The fourth-order valence-corrected chi connectivity index (χ4v) is 3.79. The van der Waals surface area contributed by atoms with E-state index in [-0.39, 0.29) is 11.1 Å². The number of halogens is 1. The number of thioether (sulfide) groups is 1. The van der Waals surface area contributed by atoms with Crippen LogP contribution in [0.2, 0.25) is 0 Å². The van der Waals surface area contributed by atoms with E-state index in [1.807, 2.05) is 25.1 Å². The van der Waals surface area contributed by atoms with Gasteiger partial charge in [-0.05, 0) is 43.2 Å². The molecule has 1 N–H and O–H groups in total. The topological polar surface area (TPSA) is 65.8 Å². The smallest absolute Gasteiger partial charge is 0.258 e. The number of amides is 1. The largest absolute Gasteiger partial charge is 0.322 e. The Morgan fingerprint density at radius 3 is 2.53 bits per heavy atom. The Bertz CT molecular complexity index is 1190. The predicted molar refractivity (Wildman–Crippen MR) is 118 cm³/mol. The van der Waals surface area contributed by atoms with Crippen LogP contribution in [-0.2, 0) is 0 Å². The number of carbonyl (C=O) groups is 1. The standard InChI is InChI=1S/C24H18FN3OS/c1-4-13-30-24-19(14-26)22(17-9-11-18(25)12-10-17)21(16(3)27-24)23(29)28-20-8-6-5-7-15(20)2/h1,5-12H,13H2,2-3H3,(H,28,29). The second kappa shape index (κ2) is 9.26. The average molecular weight is 415 g/mol. The van der Waals surface area contributed by atoms with Gasteiger partial charge in [-0.25, -0.2) is 9.37 Å². The fraction of sp³-hybridized carbons (Fsp3) is 0.125. The maximum atomic E-state index is 13.5. The molecule has 0 atom stereocenters. The number of hydrogen-bond acceptors (Lipinski definition) is 4. The van der Waals surface area contributed by atoms with Gasteiger partial charge in [-0.2, -0.15) is 5.26 Å². The van der Waals surface area contributed by atoms with Crippen LogP contribution in [0, 0.1) is 43.3 Å². The first-order valence-electron chi connectivity index (χ1n) is 9.10. The molecule has 0 unspecified atom stereocenters. The van der Waals surface area contributed by atoms with Crippen molar-refractivity contribution in [2.24, 2.45) is 0 Å². The van der Waals surface area contributed by atoms with Gasteiger partial charge < -0.3 is 5.32 Å². The van der Waals surface area contributed by atoms with Crippen molar-refractivity contribution < 1.29 is 9.18 Å². The number of hydrogen-bond donors (Lipinski definition) is 1. The normalized spacial score (nSPS) is 10.2. The summed E-state index contributed by atoms with van der Waals surface area (Å²) in [5.41, 5.74) is 3.50. The van der Waals surface area contributed by atoms with Gasteiger partial charge in [-0.3, -0.25) is 4.79 Å². The lowest BCUT2D eigenvalue weighted by Crippen LogP contribution is -2.17. The van der Waals surface area contributed by atoms with Crippen LogP contribution in [0.5, 0.6) is 0 Å². The van der Waals surface area contributed by atoms with E-state index < -0.39 is 11.7 Å². The van der Waals surface area contributed by atoms with Crippen LogP contribution in [-0.4, -0.2) is 16.6 Å². The Kier molecular flexibility index (Phi) is 6.51. The molecule has 0 radical (unpaired) electrons. The molecule has 148 valence electrons. The van der Waals surface area contributed by atoms with Crippen molar-refractivity contribution in [2.45, 2.75) is 18.9 Å². The van der Waals surface area contributed by atoms with Gasteiger partial charge in [0, 0.05) is 11.3 Å². The zero-order chi connectivity index (χ0) is 21.7. The van der Waals surface area contributed by atoms with Crippen molar-refractivity contribution in [3.8, 4) is 29.5 Å². The van der Waals surface area contributed by atoms with Crippen LogP contribution >= 0.6 is 11.8 Å². The van der Waals surface area contributed by atoms with Crippen LogP contribution < -0.4 is 5.32 Å². The van der Waals surface area contributed by atoms with Gasteiger partial charge in [0.05, 0.1) is 22.6 Å². The third-order valence-electron chi connectivity index (χ3n) is 4.50. The predicted octanol–water partition coefficient (Wildman–Crippen LogP) is 5.35. The first-order chi connectivity index (χ1) is 14.5. The second-order valence-electron chi connectivity index (χ2n) is 6.51. The van der Waals surface area contributed by atoms with E-state index >= 15 is 0 Å². The summed E-state index contributed by atoms with van der Waals surface area (Å²) >= 11 is 1.25. The maximum absolute atomic E-state index is 13.5. The van der Waals surface area contributed by atoms with Gasteiger partial charge >= 0.3 is 0 Å². The number of rotatable bonds is 5. The van der Waals surface area contributed by atoms with Crippen LogP contribution in [0.15, 0.2) is 53.6 Å². The van der Waals surface area contributed by atoms with Gasteiger partial charge in [-0.15, -0.1) is 6.42 Å². The third kappa shape index (κ3) is 4.35. The van der Waals surface area contributed by atoms with E-state index in [9.17, 15) is 14.4 Å². The summed E-state index contributed by atoms with van der Waals surface area (Å²) in [6.07, 6.45) is 5.36. The molecule has 1 amide bonds. The van der Waals surface area contributed by atoms with Crippen molar-refractivity contribution in [3.05, 3.63) is 76.7 Å². The van der Waals surface area contributed by atoms with Crippen molar-refractivity contribution in [1.29, 1.82) is 5.26 Å². The van der Waals surface area contributed by atoms with Crippen molar-refractivity contribution in [1.82, 2.24) is 4.98 Å². The Labute approximate surface area is 179 Å². The second-order valence-corrected chi connectivity index (χ2v) is 7.47.